The van der Waals surface area contributed by atoms with Crippen LogP contribution >= 0.6 is 39.1 Å². The van der Waals surface area contributed by atoms with Crippen molar-refractivity contribution in [1.82, 2.24) is 0 Å². The monoisotopic (exact) mass is 541 g/mol. The minimum atomic E-state index is -1.10. The number of carbonyl (C=O) groups is 1. The van der Waals surface area contributed by atoms with Crippen LogP contribution in [0.3, 0.4) is 0 Å². The van der Waals surface area contributed by atoms with Crippen LogP contribution in [0.2, 0.25) is 10.0 Å². The summed E-state index contributed by atoms with van der Waals surface area (Å²) in [7, 11) is 0. The van der Waals surface area contributed by atoms with Gasteiger partial charge in [-0.2, -0.15) is 0 Å². The average molecular weight is 543 g/mol. The second kappa shape index (κ2) is 10.9. The number of aromatic carboxylic acids is 1. The van der Waals surface area contributed by atoms with E-state index in [1.807, 2.05) is 6.92 Å². The van der Waals surface area contributed by atoms with Gasteiger partial charge in [0, 0.05) is 22.3 Å². The molecule has 0 aliphatic rings. The molecule has 9 heteroatoms. The van der Waals surface area contributed by atoms with Crippen molar-refractivity contribution in [3.63, 3.8) is 0 Å². The number of hydrogen-bond donors (Lipinski definition) is 2. The van der Waals surface area contributed by atoms with Crippen LogP contribution in [0.5, 0.6) is 11.5 Å². The molecule has 0 aliphatic carbocycles. The van der Waals surface area contributed by atoms with E-state index in [4.69, 9.17) is 32.7 Å². The first kappa shape index (κ1) is 24.2. The molecule has 0 fully saturated rings. The summed E-state index contributed by atoms with van der Waals surface area (Å²) in [5.41, 5.74) is 1.72. The molecule has 0 radical (unpaired) electrons. The van der Waals surface area contributed by atoms with Gasteiger partial charge >= 0.3 is 5.97 Å². The summed E-state index contributed by atoms with van der Waals surface area (Å²) in [6.07, 6.45) is 0. The third-order valence-electron chi connectivity index (χ3n) is 4.53. The second-order valence-corrected chi connectivity index (χ2v) is 8.33. The summed E-state index contributed by atoms with van der Waals surface area (Å²) in [5, 5.41) is 12.9. The molecule has 0 unspecified atom stereocenters. The maximum atomic E-state index is 14.1. The number of anilines is 1. The predicted octanol–water partition coefficient (Wildman–Crippen LogP) is 7.18. The minimum absolute atomic E-state index is 0.0151. The number of rotatable bonds is 9. The van der Waals surface area contributed by atoms with Crippen LogP contribution < -0.4 is 14.8 Å². The van der Waals surface area contributed by atoms with E-state index in [1.165, 1.54) is 24.3 Å². The summed E-state index contributed by atoms with van der Waals surface area (Å²) in [4.78, 5) is 11.3. The molecule has 0 heterocycles. The van der Waals surface area contributed by atoms with Gasteiger partial charge in [-0.1, -0.05) is 45.2 Å². The number of carboxylic acid groups (broad SMARTS) is 1. The number of hydrogen-bond acceptors (Lipinski definition) is 4. The minimum Gasteiger partial charge on any atom is -0.490 e. The normalized spacial score (nSPS) is 10.7. The Kier molecular flexibility index (Phi) is 8.23. The summed E-state index contributed by atoms with van der Waals surface area (Å²) >= 11 is 15.5. The van der Waals surface area contributed by atoms with Crippen molar-refractivity contribution in [2.24, 2.45) is 0 Å². The summed E-state index contributed by atoms with van der Waals surface area (Å²) in [5.74, 6) is -0.627. The van der Waals surface area contributed by atoms with E-state index in [-0.39, 0.29) is 27.8 Å². The Balaban J connectivity index is 1.79. The molecule has 0 saturated carbocycles. The van der Waals surface area contributed by atoms with Crippen LogP contribution in [0.15, 0.2) is 53.0 Å². The highest BCUT2D eigenvalue weighted by atomic mass is 79.9. The predicted molar refractivity (Wildman–Crippen MR) is 127 cm³/mol. The molecular formula is C23H19BrCl2FNO4. The summed E-state index contributed by atoms with van der Waals surface area (Å²) in [6.45, 7) is 2.57. The van der Waals surface area contributed by atoms with Crippen LogP contribution in [-0.2, 0) is 13.2 Å². The first-order valence-corrected chi connectivity index (χ1v) is 11.1. The van der Waals surface area contributed by atoms with Crippen molar-refractivity contribution >= 4 is 50.8 Å². The Hall–Kier alpha value is -2.48. The quantitative estimate of drug-likeness (QED) is 0.299. The average Bonchev–Trinajstić information content (AvgIpc) is 2.75. The molecule has 0 atom stereocenters. The van der Waals surface area contributed by atoms with E-state index in [1.54, 1.807) is 24.3 Å². The third-order valence-corrected chi connectivity index (χ3v) is 5.95. The van der Waals surface area contributed by atoms with E-state index in [9.17, 15) is 14.3 Å². The van der Waals surface area contributed by atoms with E-state index in [2.05, 4.69) is 21.2 Å². The Bertz CT molecular complexity index is 1120. The molecule has 2 N–H and O–H groups in total. The molecule has 0 saturated heterocycles. The van der Waals surface area contributed by atoms with Crippen molar-refractivity contribution in [3.05, 3.63) is 85.6 Å². The summed E-state index contributed by atoms with van der Waals surface area (Å²) < 4.78 is 26.3. The summed E-state index contributed by atoms with van der Waals surface area (Å²) in [6, 6.07) is 12.7. The molecule has 0 amide bonds. The molecule has 3 rings (SSSR count). The van der Waals surface area contributed by atoms with Gasteiger partial charge in [0.05, 0.1) is 22.2 Å². The Morgan fingerprint density at radius 2 is 1.84 bits per heavy atom. The Morgan fingerprint density at radius 1 is 1.09 bits per heavy atom. The van der Waals surface area contributed by atoms with Crippen molar-refractivity contribution < 1.29 is 23.8 Å². The van der Waals surface area contributed by atoms with E-state index in [0.29, 0.717) is 30.3 Å². The molecule has 32 heavy (non-hydrogen) atoms. The number of nitrogens with one attached hydrogen (secondary N) is 1. The molecule has 5 nitrogen and oxygen atoms in total. The lowest BCUT2D eigenvalue weighted by molar-refractivity contribution is 0.0697. The lowest BCUT2D eigenvalue weighted by Gasteiger charge is -2.16. The van der Waals surface area contributed by atoms with Gasteiger partial charge in [-0.15, -0.1) is 0 Å². The van der Waals surface area contributed by atoms with Crippen LogP contribution in [0.1, 0.15) is 28.4 Å². The van der Waals surface area contributed by atoms with Gasteiger partial charge < -0.3 is 19.9 Å². The fourth-order valence-electron chi connectivity index (χ4n) is 2.91. The highest BCUT2D eigenvalue weighted by Crippen LogP contribution is 2.35. The highest BCUT2D eigenvalue weighted by molar-refractivity contribution is 9.10. The largest absolute Gasteiger partial charge is 0.490 e. The standard InChI is InChI=1S/C23H19BrCl2FNO4/c1-2-31-21-8-13(11-28-14-6-7-19(26)15(9-14)23(29)30)17(24)10-22(21)32-12-16-18(25)4-3-5-20(16)27/h3-10,28H,2,11-12H2,1H3,(H,29,30). The van der Waals surface area contributed by atoms with Gasteiger partial charge in [-0.25, -0.2) is 9.18 Å². The number of benzene rings is 3. The van der Waals surface area contributed by atoms with Gasteiger partial charge in [-0.3, -0.25) is 0 Å². The topological polar surface area (TPSA) is 67.8 Å². The van der Waals surface area contributed by atoms with Gasteiger partial charge in [-0.05, 0) is 55.0 Å². The first-order valence-electron chi connectivity index (χ1n) is 9.57. The van der Waals surface area contributed by atoms with Gasteiger partial charge in [0.2, 0.25) is 0 Å². The molecule has 0 aromatic heterocycles. The maximum absolute atomic E-state index is 14.1. The zero-order chi connectivity index (χ0) is 23.3. The van der Waals surface area contributed by atoms with E-state index < -0.39 is 11.8 Å². The molecule has 0 bridgehead atoms. The fourth-order valence-corrected chi connectivity index (χ4v) is 3.79. The fraction of sp³-hybridized carbons (Fsp3) is 0.174. The third kappa shape index (κ3) is 5.85. The van der Waals surface area contributed by atoms with Crippen LogP contribution in [-0.4, -0.2) is 17.7 Å². The molecule has 168 valence electrons. The van der Waals surface area contributed by atoms with Crippen LogP contribution in [0.4, 0.5) is 10.1 Å². The molecule has 0 aliphatic heterocycles. The van der Waals surface area contributed by atoms with Gasteiger partial charge in [0.15, 0.2) is 11.5 Å². The highest BCUT2D eigenvalue weighted by Gasteiger charge is 2.15. The zero-order valence-corrected chi connectivity index (χ0v) is 20.0. The smallest absolute Gasteiger partial charge is 0.337 e. The van der Waals surface area contributed by atoms with Crippen molar-refractivity contribution in [1.29, 1.82) is 0 Å². The lowest BCUT2D eigenvalue weighted by atomic mass is 10.1. The number of ether oxygens (including phenoxy) is 2. The second-order valence-electron chi connectivity index (χ2n) is 6.67. The van der Waals surface area contributed by atoms with Gasteiger partial charge in [0.1, 0.15) is 12.4 Å². The van der Waals surface area contributed by atoms with E-state index >= 15 is 0 Å². The SMILES string of the molecule is CCOc1cc(CNc2ccc(Cl)c(C(=O)O)c2)c(Br)cc1OCc1c(F)cccc1Cl. The molecule has 0 spiro atoms. The maximum Gasteiger partial charge on any atom is 0.337 e. The number of halogens is 4. The first-order chi connectivity index (χ1) is 15.3. The zero-order valence-electron chi connectivity index (χ0n) is 16.9. The van der Waals surface area contributed by atoms with Crippen LogP contribution in [0, 0.1) is 5.82 Å². The van der Waals surface area contributed by atoms with Crippen molar-refractivity contribution in [2.45, 2.75) is 20.1 Å². The number of carboxylic acids is 1. The molecule has 3 aromatic rings. The Morgan fingerprint density at radius 3 is 2.53 bits per heavy atom. The van der Waals surface area contributed by atoms with Crippen LogP contribution in [0.25, 0.3) is 0 Å². The van der Waals surface area contributed by atoms with Gasteiger partial charge in [0.25, 0.3) is 0 Å². The lowest BCUT2D eigenvalue weighted by Crippen LogP contribution is -2.06. The van der Waals surface area contributed by atoms with E-state index in [0.717, 1.165) is 10.0 Å². The van der Waals surface area contributed by atoms with Crippen molar-refractivity contribution in [2.75, 3.05) is 11.9 Å². The Labute approximate surface area is 203 Å². The molecule has 3 aromatic carbocycles. The van der Waals surface area contributed by atoms with Crippen molar-refractivity contribution in [3.8, 4) is 11.5 Å². The molecular weight excluding hydrogens is 524 g/mol.